The van der Waals surface area contributed by atoms with Crippen LogP contribution >= 0.6 is 11.6 Å². The van der Waals surface area contributed by atoms with Gasteiger partial charge in [0, 0.05) is 43.8 Å². The molecule has 0 atom stereocenters. The Labute approximate surface area is 161 Å². The molecular weight excluding hydrogens is 350 g/mol. The zero-order valence-electron chi connectivity index (χ0n) is 15.6. The molecule has 1 heterocycles. The minimum absolute atomic E-state index is 0.00201. The number of hydrogen-bond donors (Lipinski definition) is 3. The molecule has 1 saturated heterocycles. The summed E-state index contributed by atoms with van der Waals surface area (Å²) in [5.74, 6) is 0.794. The van der Waals surface area contributed by atoms with Crippen molar-refractivity contribution in [3.05, 3.63) is 29.3 Å². The molecule has 0 radical (unpaired) electrons. The molecule has 6 nitrogen and oxygen atoms in total. The molecule has 0 unspecified atom stereocenters. The minimum atomic E-state index is 0.00201. The zero-order chi connectivity index (χ0) is 18.6. The number of rotatable bonds is 8. The van der Waals surface area contributed by atoms with Crippen LogP contribution in [-0.2, 0) is 4.79 Å². The first-order valence-electron chi connectivity index (χ1n) is 9.39. The summed E-state index contributed by atoms with van der Waals surface area (Å²) in [6.45, 7) is 5.05. The van der Waals surface area contributed by atoms with Gasteiger partial charge < -0.3 is 20.9 Å². The Hall–Kier alpha value is -1.79. The quantitative estimate of drug-likeness (QED) is 0.369. The van der Waals surface area contributed by atoms with E-state index in [9.17, 15) is 4.79 Å². The van der Waals surface area contributed by atoms with Crippen LogP contribution in [0, 0.1) is 0 Å². The lowest BCUT2D eigenvalue weighted by Crippen LogP contribution is -2.43. The third-order valence-electron chi connectivity index (χ3n) is 4.39. The number of benzene rings is 1. The van der Waals surface area contributed by atoms with E-state index in [1.54, 1.807) is 31.3 Å². The Bertz CT molecular complexity index is 570. The van der Waals surface area contributed by atoms with Gasteiger partial charge in [0.05, 0.1) is 0 Å². The van der Waals surface area contributed by atoms with Crippen molar-refractivity contribution >= 4 is 29.2 Å². The molecule has 0 aliphatic carbocycles. The van der Waals surface area contributed by atoms with Crippen LogP contribution in [0.1, 0.15) is 32.1 Å². The van der Waals surface area contributed by atoms with E-state index in [2.05, 4.69) is 25.8 Å². The van der Waals surface area contributed by atoms with Crippen molar-refractivity contribution in [2.24, 2.45) is 4.99 Å². The summed E-state index contributed by atoms with van der Waals surface area (Å²) in [6.07, 6.45) is 5.18. The monoisotopic (exact) mass is 379 g/mol. The van der Waals surface area contributed by atoms with Gasteiger partial charge in [0.15, 0.2) is 5.96 Å². The molecule has 0 aromatic heterocycles. The number of carbonyl (C=O) groups excluding carboxylic acids is 1. The predicted octanol–water partition coefficient (Wildman–Crippen LogP) is 2.71. The van der Waals surface area contributed by atoms with Crippen LogP contribution in [0.4, 0.5) is 5.69 Å². The van der Waals surface area contributed by atoms with E-state index in [4.69, 9.17) is 11.6 Å². The maximum Gasteiger partial charge on any atom is 0.224 e. The number of guanidine groups is 1. The Kier molecular flexibility index (Phi) is 9.28. The number of carbonyl (C=O) groups is 1. The molecule has 1 amide bonds. The van der Waals surface area contributed by atoms with Crippen molar-refractivity contribution in [1.29, 1.82) is 0 Å². The molecule has 26 heavy (non-hydrogen) atoms. The highest BCUT2D eigenvalue weighted by molar-refractivity contribution is 6.30. The van der Waals surface area contributed by atoms with Crippen molar-refractivity contribution in [3.63, 3.8) is 0 Å². The lowest BCUT2D eigenvalue weighted by molar-refractivity contribution is -0.116. The summed E-state index contributed by atoms with van der Waals surface area (Å²) in [7, 11) is 1.77. The summed E-state index contributed by atoms with van der Waals surface area (Å²) in [5, 5.41) is 10.1. The van der Waals surface area contributed by atoms with E-state index in [-0.39, 0.29) is 5.91 Å². The number of nitrogens with one attached hydrogen (secondary N) is 3. The zero-order valence-corrected chi connectivity index (χ0v) is 16.3. The maximum absolute atomic E-state index is 11.9. The van der Waals surface area contributed by atoms with Gasteiger partial charge in [-0.2, -0.15) is 0 Å². The molecule has 3 N–H and O–H groups in total. The van der Waals surface area contributed by atoms with Gasteiger partial charge in [-0.25, -0.2) is 0 Å². The molecule has 0 bridgehead atoms. The smallest absolute Gasteiger partial charge is 0.224 e. The van der Waals surface area contributed by atoms with E-state index in [0.29, 0.717) is 18.0 Å². The summed E-state index contributed by atoms with van der Waals surface area (Å²) < 4.78 is 0. The first kappa shape index (κ1) is 20.5. The van der Waals surface area contributed by atoms with Crippen molar-refractivity contribution in [1.82, 2.24) is 15.5 Å². The fourth-order valence-electron chi connectivity index (χ4n) is 2.95. The lowest BCUT2D eigenvalue weighted by atomic mass is 10.1. The molecule has 1 aromatic carbocycles. The van der Waals surface area contributed by atoms with E-state index >= 15 is 0 Å². The second-order valence-electron chi connectivity index (χ2n) is 6.49. The topological polar surface area (TPSA) is 68.8 Å². The summed E-state index contributed by atoms with van der Waals surface area (Å²) in [5.41, 5.74) is 0.766. The summed E-state index contributed by atoms with van der Waals surface area (Å²) >= 11 is 5.83. The number of halogens is 1. The Morgan fingerprint density at radius 1 is 1.12 bits per heavy atom. The minimum Gasteiger partial charge on any atom is -0.356 e. The van der Waals surface area contributed by atoms with Crippen LogP contribution in [0.2, 0.25) is 5.02 Å². The predicted molar refractivity (Wildman–Crippen MR) is 109 cm³/mol. The van der Waals surface area contributed by atoms with Crippen molar-refractivity contribution in [2.45, 2.75) is 32.1 Å². The lowest BCUT2D eigenvalue weighted by Gasteiger charge is -2.26. The Morgan fingerprint density at radius 2 is 1.81 bits per heavy atom. The van der Waals surface area contributed by atoms with Gasteiger partial charge in [-0.3, -0.25) is 9.79 Å². The highest BCUT2D eigenvalue weighted by Gasteiger charge is 2.09. The maximum atomic E-state index is 11.9. The number of aliphatic imine (C=N–C) groups is 1. The number of hydrogen-bond acceptors (Lipinski definition) is 3. The van der Waals surface area contributed by atoms with Crippen LogP contribution in [0.25, 0.3) is 0 Å². The summed E-state index contributed by atoms with van der Waals surface area (Å²) in [6, 6.07) is 7.12. The molecule has 0 saturated carbocycles. The highest BCUT2D eigenvalue weighted by atomic mass is 35.5. The van der Waals surface area contributed by atoms with Crippen LogP contribution in [0.5, 0.6) is 0 Å². The van der Waals surface area contributed by atoms with Crippen LogP contribution in [0.15, 0.2) is 29.3 Å². The number of amides is 1. The molecule has 1 fully saturated rings. The normalized spacial score (nSPS) is 15.5. The largest absolute Gasteiger partial charge is 0.356 e. The van der Waals surface area contributed by atoms with Crippen molar-refractivity contribution in [3.8, 4) is 0 Å². The van der Waals surface area contributed by atoms with Gasteiger partial charge in [-0.05, 0) is 56.6 Å². The van der Waals surface area contributed by atoms with Crippen molar-refractivity contribution < 1.29 is 4.79 Å². The second kappa shape index (κ2) is 11.8. The average Bonchev–Trinajstić information content (AvgIpc) is 2.66. The standard InChI is InChI=1S/C19H30ClN5O/c1-21-19(23-12-15-25-13-3-2-4-14-25)22-11-5-6-18(26)24-17-9-7-16(20)8-10-17/h7-10H,2-6,11-15H2,1H3,(H,24,26)(H2,21,22,23). The third-order valence-corrected chi connectivity index (χ3v) is 4.65. The highest BCUT2D eigenvalue weighted by Crippen LogP contribution is 2.13. The molecule has 1 aliphatic rings. The Morgan fingerprint density at radius 3 is 2.50 bits per heavy atom. The first-order valence-corrected chi connectivity index (χ1v) is 9.77. The first-order chi connectivity index (χ1) is 12.7. The second-order valence-corrected chi connectivity index (χ2v) is 6.92. The average molecular weight is 380 g/mol. The van der Waals surface area contributed by atoms with E-state index in [1.807, 2.05) is 0 Å². The van der Waals surface area contributed by atoms with Gasteiger partial charge in [0.2, 0.25) is 5.91 Å². The molecule has 7 heteroatoms. The fraction of sp³-hybridized carbons (Fsp3) is 0.579. The summed E-state index contributed by atoms with van der Waals surface area (Å²) in [4.78, 5) is 18.7. The van der Waals surface area contributed by atoms with Crippen LogP contribution < -0.4 is 16.0 Å². The molecule has 144 valence electrons. The van der Waals surface area contributed by atoms with Crippen LogP contribution in [0.3, 0.4) is 0 Å². The number of anilines is 1. The Balaban J connectivity index is 1.55. The molecule has 0 spiro atoms. The molecule has 1 aliphatic heterocycles. The molecule has 2 rings (SSSR count). The van der Waals surface area contributed by atoms with Gasteiger partial charge in [-0.15, -0.1) is 0 Å². The van der Waals surface area contributed by atoms with Gasteiger partial charge in [-0.1, -0.05) is 18.0 Å². The number of nitrogens with zero attached hydrogens (tertiary/aromatic N) is 2. The third kappa shape index (κ3) is 8.06. The van der Waals surface area contributed by atoms with E-state index < -0.39 is 0 Å². The van der Waals surface area contributed by atoms with Gasteiger partial charge >= 0.3 is 0 Å². The van der Waals surface area contributed by atoms with Crippen molar-refractivity contribution in [2.75, 3.05) is 45.1 Å². The molecule has 1 aromatic rings. The van der Waals surface area contributed by atoms with E-state index in [1.165, 1.54) is 32.4 Å². The SMILES string of the molecule is CN=C(NCCCC(=O)Nc1ccc(Cl)cc1)NCCN1CCCCC1. The number of likely N-dealkylation sites (tertiary alicyclic amines) is 1. The fourth-order valence-corrected chi connectivity index (χ4v) is 3.07. The van der Waals surface area contributed by atoms with Gasteiger partial charge in [0.25, 0.3) is 0 Å². The van der Waals surface area contributed by atoms with E-state index in [0.717, 1.165) is 31.2 Å². The molecular formula is C19H30ClN5O. The number of piperidine rings is 1. The van der Waals surface area contributed by atoms with Gasteiger partial charge in [0.1, 0.15) is 0 Å². The van der Waals surface area contributed by atoms with Crippen LogP contribution in [-0.4, -0.2) is 56.5 Å².